The van der Waals surface area contributed by atoms with Crippen molar-refractivity contribution in [3.8, 4) is 17.2 Å². The second kappa shape index (κ2) is 10.7. The van der Waals surface area contributed by atoms with Crippen LogP contribution < -0.4 is 20.3 Å². The van der Waals surface area contributed by atoms with Crippen molar-refractivity contribution >= 4 is 28.6 Å². The Morgan fingerprint density at radius 1 is 0.943 bits per heavy atom. The van der Waals surface area contributed by atoms with Crippen molar-refractivity contribution in [3.63, 3.8) is 0 Å². The molecule has 4 rings (SSSR count). The van der Waals surface area contributed by atoms with E-state index in [0.29, 0.717) is 33.2 Å². The van der Waals surface area contributed by atoms with E-state index in [4.69, 9.17) is 14.5 Å². The molecule has 7 nitrogen and oxygen atoms in total. The molecular weight excluding hydrogens is 462 g/mol. The molecule has 0 aliphatic rings. The minimum Gasteiger partial charge on any atom is -0.493 e. The maximum Gasteiger partial charge on any atom is 0.266 e. The molecule has 4 aromatic rings. The predicted molar refractivity (Wildman–Crippen MR) is 139 cm³/mol. The molecule has 0 radical (unpaired) electrons. The number of thioether (sulfide) groups is 1. The zero-order chi connectivity index (χ0) is 24.9. The lowest BCUT2D eigenvalue weighted by atomic mass is 10.1. The summed E-state index contributed by atoms with van der Waals surface area (Å²) >= 11 is 1.23. The van der Waals surface area contributed by atoms with E-state index in [-0.39, 0.29) is 17.5 Å². The van der Waals surface area contributed by atoms with Crippen LogP contribution in [0.1, 0.15) is 25.5 Å². The molecule has 1 amide bonds. The van der Waals surface area contributed by atoms with Crippen LogP contribution in [-0.2, 0) is 4.79 Å². The number of para-hydroxylation sites is 1. The number of amides is 1. The molecule has 2 atom stereocenters. The van der Waals surface area contributed by atoms with Gasteiger partial charge in [0.05, 0.1) is 42.1 Å². The predicted octanol–water partition coefficient (Wildman–Crippen LogP) is 4.76. The number of benzene rings is 3. The molecule has 0 spiro atoms. The maximum absolute atomic E-state index is 13.6. The molecule has 3 aromatic carbocycles. The molecule has 8 heteroatoms. The Labute approximate surface area is 208 Å². The number of fused-ring (bicyclic) bond motifs is 1. The summed E-state index contributed by atoms with van der Waals surface area (Å²) in [5.41, 5.74) is 1.93. The second-order valence-corrected chi connectivity index (χ2v) is 9.30. The largest absolute Gasteiger partial charge is 0.493 e. The summed E-state index contributed by atoms with van der Waals surface area (Å²) in [6.45, 7) is 3.75. The lowest BCUT2D eigenvalue weighted by Crippen LogP contribution is -2.33. The first-order valence-electron chi connectivity index (χ1n) is 11.2. The van der Waals surface area contributed by atoms with Gasteiger partial charge in [0, 0.05) is 6.07 Å². The highest BCUT2D eigenvalue weighted by Gasteiger charge is 2.22. The fourth-order valence-corrected chi connectivity index (χ4v) is 4.69. The van der Waals surface area contributed by atoms with Crippen molar-refractivity contribution < 1.29 is 14.3 Å². The summed E-state index contributed by atoms with van der Waals surface area (Å²) in [4.78, 5) is 31.3. The van der Waals surface area contributed by atoms with Gasteiger partial charge in [0.2, 0.25) is 5.91 Å². The lowest BCUT2D eigenvalue weighted by molar-refractivity contribution is -0.120. The van der Waals surface area contributed by atoms with Gasteiger partial charge in [0.15, 0.2) is 16.7 Å². The first-order valence-corrected chi connectivity index (χ1v) is 12.1. The highest BCUT2D eigenvalue weighted by Crippen LogP contribution is 2.31. The fourth-order valence-electron chi connectivity index (χ4n) is 3.75. The van der Waals surface area contributed by atoms with Gasteiger partial charge in [-0.1, -0.05) is 54.2 Å². The summed E-state index contributed by atoms with van der Waals surface area (Å²) in [5, 5.41) is 3.45. The summed E-state index contributed by atoms with van der Waals surface area (Å²) in [6.07, 6.45) is 0. The number of aromatic nitrogens is 2. The smallest absolute Gasteiger partial charge is 0.266 e. The van der Waals surface area contributed by atoms with Gasteiger partial charge < -0.3 is 14.8 Å². The van der Waals surface area contributed by atoms with E-state index < -0.39 is 5.25 Å². The van der Waals surface area contributed by atoms with Crippen molar-refractivity contribution in [2.45, 2.75) is 30.3 Å². The number of carbonyl (C=O) groups excluding carboxylic acids is 1. The van der Waals surface area contributed by atoms with E-state index in [2.05, 4.69) is 5.32 Å². The van der Waals surface area contributed by atoms with Crippen LogP contribution in [0, 0.1) is 0 Å². The Kier molecular flexibility index (Phi) is 7.41. The van der Waals surface area contributed by atoms with Gasteiger partial charge in [0.25, 0.3) is 5.56 Å². The summed E-state index contributed by atoms with van der Waals surface area (Å²) < 4.78 is 12.3. The first-order chi connectivity index (χ1) is 16.9. The summed E-state index contributed by atoms with van der Waals surface area (Å²) in [6, 6.07) is 22.0. The number of carbonyl (C=O) groups is 1. The van der Waals surface area contributed by atoms with Crippen LogP contribution in [0.4, 0.5) is 0 Å². The highest BCUT2D eigenvalue weighted by molar-refractivity contribution is 8.00. The number of hydrogen-bond donors (Lipinski definition) is 1. The van der Waals surface area contributed by atoms with Crippen LogP contribution in [0.25, 0.3) is 16.6 Å². The molecule has 0 saturated carbocycles. The zero-order valence-corrected chi connectivity index (χ0v) is 20.8. The fraction of sp³-hybridized carbons (Fsp3) is 0.222. The van der Waals surface area contributed by atoms with E-state index in [9.17, 15) is 9.59 Å². The molecule has 0 aliphatic carbocycles. The van der Waals surface area contributed by atoms with Crippen LogP contribution >= 0.6 is 11.8 Å². The Morgan fingerprint density at radius 3 is 2.34 bits per heavy atom. The zero-order valence-electron chi connectivity index (χ0n) is 20.0. The van der Waals surface area contributed by atoms with Crippen LogP contribution in [-0.4, -0.2) is 34.9 Å². The average Bonchev–Trinajstić information content (AvgIpc) is 2.89. The second-order valence-electron chi connectivity index (χ2n) is 7.99. The quantitative estimate of drug-likeness (QED) is 0.284. The highest BCUT2D eigenvalue weighted by atomic mass is 32.2. The molecule has 0 saturated heterocycles. The molecule has 35 heavy (non-hydrogen) atoms. The minimum absolute atomic E-state index is 0.146. The van der Waals surface area contributed by atoms with E-state index >= 15 is 0 Å². The molecule has 1 N–H and O–H groups in total. The SMILES string of the molecule is COc1ccc(-n2c(SC(C)C(=O)NC(C)c3ccccc3)nc3ccccc3c2=O)cc1OC. The van der Waals surface area contributed by atoms with Gasteiger partial charge in [-0.25, -0.2) is 4.98 Å². The van der Waals surface area contributed by atoms with Gasteiger partial charge in [-0.05, 0) is 43.7 Å². The van der Waals surface area contributed by atoms with Crippen LogP contribution in [0.2, 0.25) is 0 Å². The molecule has 1 aromatic heterocycles. The van der Waals surface area contributed by atoms with Crippen LogP contribution in [0.3, 0.4) is 0 Å². The van der Waals surface area contributed by atoms with Gasteiger partial charge in [-0.2, -0.15) is 0 Å². The minimum atomic E-state index is -0.499. The maximum atomic E-state index is 13.6. The number of nitrogens with one attached hydrogen (secondary N) is 1. The molecule has 0 bridgehead atoms. The van der Waals surface area contributed by atoms with Gasteiger partial charge in [0.1, 0.15) is 0 Å². The molecule has 1 heterocycles. The number of nitrogens with zero attached hydrogens (tertiary/aromatic N) is 2. The molecule has 0 aliphatic heterocycles. The molecule has 2 unspecified atom stereocenters. The van der Waals surface area contributed by atoms with E-state index in [1.54, 1.807) is 57.5 Å². The van der Waals surface area contributed by atoms with Gasteiger partial charge in [-0.15, -0.1) is 0 Å². The summed E-state index contributed by atoms with van der Waals surface area (Å²) in [7, 11) is 3.10. The lowest BCUT2D eigenvalue weighted by Gasteiger charge is -2.19. The van der Waals surface area contributed by atoms with Gasteiger partial charge in [-0.3, -0.25) is 14.2 Å². The Bertz CT molecular complexity index is 1400. The average molecular weight is 490 g/mol. The third-order valence-electron chi connectivity index (χ3n) is 5.68. The van der Waals surface area contributed by atoms with Crippen molar-refractivity contribution in [2.75, 3.05) is 14.2 Å². The van der Waals surface area contributed by atoms with E-state index in [1.165, 1.54) is 16.3 Å². The Balaban J connectivity index is 1.71. The standard InChI is InChI=1S/C27H27N3O4S/c1-17(19-10-6-5-7-11-19)28-25(31)18(2)35-27-29-22-13-9-8-12-21(22)26(32)30(27)20-14-15-23(33-3)24(16-20)34-4/h5-18H,1-4H3,(H,28,31). The van der Waals surface area contributed by atoms with Crippen LogP contribution in [0.5, 0.6) is 11.5 Å². The Hall–Kier alpha value is -3.78. The van der Waals surface area contributed by atoms with E-state index in [1.807, 2.05) is 43.3 Å². The first kappa shape index (κ1) is 24.3. The normalized spacial score (nSPS) is 12.7. The Morgan fingerprint density at radius 2 is 1.63 bits per heavy atom. The number of ether oxygens (including phenoxy) is 2. The number of rotatable bonds is 8. The van der Waals surface area contributed by atoms with Crippen LogP contribution in [0.15, 0.2) is 82.7 Å². The van der Waals surface area contributed by atoms with Crippen molar-refractivity contribution in [2.24, 2.45) is 0 Å². The number of hydrogen-bond acceptors (Lipinski definition) is 6. The number of methoxy groups -OCH3 is 2. The summed E-state index contributed by atoms with van der Waals surface area (Å²) in [5.74, 6) is 0.894. The third kappa shape index (κ3) is 5.17. The topological polar surface area (TPSA) is 82.5 Å². The monoisotopic (exact) mass is 489 g/mol. The molecule has 180 valence electrons. The van der Waals surface area contributed by atoms with Crippen molar-refractivity contribution in [1.82, 2.24) is 14.9 Å². The molecular formula is C27H27N3O4S. The van der Waals surface area contributed by atoms with Gasteiger partial charge >= 0.3 is 0 Å². The molecule has 0 fully saturated rings. The third-order valence-corrected chi connectivity index (χ3v) is 6.73. The van der Waals surface area contributed by atoms with Crippen molar-refractivity contribution in [1.29, 1.82) is 0 Å². The van der Waals surface area contributed by atoms with E-state index in [0.717, 1.165) is 5.56 Å². The van der Waals surface area contributed by atoms with Crippen molar-refractivity contribution in [3.05, 3.63) is 88.7 Å².